The highest BCUT2D eigenvalue weighted by atomic mass is 35.5. The molecular weight excluding hydrogens is 745 g/mol. The van der Waals surface area contributed by atoms with Crippen molar-refractivity contribution < 1.29 is 27.4 Å². The number of rotatable bonds is 9. The van der Waals surface area contributed by atoms with Crippen LogP contribution < -0.4 is 9.64 Å². The first-order valence-corrected chi connectivity index (χ1v) is 19.8. The standard InChI is InChI=1S/C41H42ClF3N8O3/c42-35-32(44)10-7-25-4-1-5-30(34(25)35)37-36(45)38-31(19-47-37)39(49-40(48-38)56-24-41-12-3-14-51(41)20-26(43)18-41)50-16-17-53(27(21-50)11-13-46)33(54)6-2-15-52-28-8-9-29(52)23-55-22-28/h1-2,4-7,10,19,26-29H,3,8-9,11-12,14-18,20-24H2/b6-2+/t26-,27+,28-,29+,41+/m1/s1. The fourth-order valence-corrected chi connectivity index (χ4v) is 9.94. The highest BCUT2D eigenvalue weighted by Crippen LogP contribution is 2.42. The maximum absolute atomic E-state index is 17.0. The Morgan fingerprint density at radius 2 is 1.95 bits per heavy atom. The van der Waals surface area contributed by atoms with Gasteiger partial charge in [0.25, 0.3) is 0 Å². The second kappa shape index (κ2) is 15.1. The van der Waals surface area contributed by atoms with Gasteiger partial charge in [-0.25, -0.2) is 13.2 Å². The maximum Gasteiger partial charge on any atom is 0.319 e. The highest BCUT2D eigenvalue weighted by molar-refractivity contribution is 6.36. The third-order valence-electron chi connectivity index (χ3n) is 12.4. The molecule has 2 aromatic heterocycles. The lowest BCUT2D eigenvalue weighted by atomic mass is 9.95. The number of benzene rings is 2. The van der Waals surface area contributed by atoms with Crippen LogP contribution in [0.15, 0.2) is 48.7 Å². The van der Waals surface area contributed by atoms with Gasteiger partial charge in [0.2, 0.25) is 5.91 Å². The molecule has 0 unspecified atom stereocenters. The van der Waals surface area contributed by atoms with E-state index in [9.17, 15) is 18.8 Å². The molecule has 0 saturated carbocycles. The van der Waals surface area contributed by atoms with Gasteiger partial charge >= 0.3 is 6.01 Å². The Balaban J connectivity index is 1.04. The maximum atomic E-state index is 17.0. The molecule has 5 atom stereocenters. The third-order valence-corrected chi connectivity index (χ3v) is 12.8. The molecule has 0 N–H and O–H groups in total. The minimum Gasteiger partial charge on any atom is -0.461 e. The van der Waals surface area contributed by atoms with Crippen LogP contribution in [0.3, 0.4) is 0 Å². The van der Waals surface area contributed by atoms with Gasteiger partial charge in [-0.05, 0) is 43.7 Å². The van der Waals surface area contributed by atoms with Crippen LogP contribution in [0.25, 0.3) is 32.9 Å². The molecular formula is C41H42ClF3N8O3. The highest BCUT2D eigenvalue weighted by Gasteiger charge is 2.49. The molecule has 9 rings (SSSR count). The number of fused-ring (bicyclic) bond motifs is 5. The second-order valence-electron chi connectivity index (χ2n) is 15.7. The van der Waals surface area contributed by atoms with Gasteiger partial charge in [-0.2, -0.15) is 15.2 Å². The van der Waals surface area contributed by atoms with E-state index in [1.54, 1.807) is 35.2 Å². The lowest BCUT2D eigenvalue weighted by molar-refractivity contribution is -0.128. The number of nitrogens with zero attached hydrogens (tertiary/aromatic N) is 8. The van der Waals surface area contributed by atoms with E-state index in [1.165, 1.54) is 12.3 Å². The molecule has 1 amide bonds. The molecule has 2 aromatic carbocycles. The lowest BCUT2D eigenvalue weighted by Gasteiger charge is -2.41. The Morgan fingerprint density at radius 3 is 2.77 bits per heavy atom. The number of ether oxygens (including phenoxy) is 2. The quantitative estimate of drug-likeness (QED) is 0.185. The van der Waals surface area contributed by atoms with Gasteiger partial charge in [-0.15, -0.1) is 0 Å². The van der Waals surface area contributed by atoms with Gasteiger partial charge in [0, 0.05) is 74.5 Å². The van der Waals surface area contributed by atoms with Crippen molar-refractivity contribution in [3.63, 3.8) is 0 Å². The fraction of sp³-hybridized carbons (Fsp3) is 0.488. The third kappa shape index (κ3) is 6.62. The minimum absolute atomic E-state index is 0.0644. The van der Waals surface area contributed by atoms with Crippen LogP contribution in [0.2, 0.25) is 5.02 Å². The summed E-state index contributed by atoms with van der Waals surface area (Å²) in [5, 5.41) is 10.9. The van der Waals surface area contributed by atoms with E-state index in [0.717, 1.165) is 32.2 Å². The van der Waals surface area contributed by atoms with Crippen LogP contribution in [0, 0.1) is 23.0 Å². The minimum atomic E-state index is -0.962. The topological polar surface area (TPSA) is 111 Å². The number of piperazine rings is 1. The Labute approximate surface area is 327 Å². The van der Waals surface area contributed by atoms with Crippen molar-refractivity contribution in [2.24, 2.45) is 0 Å². The number of hydrogen-bond acceptors (Lipinski definition) is 10. The molecule has 5 aliphatic rings. The summed E-state index contributed by atoms with van der Waals surface area (Å²) in [6.07, 6.45) is 8.32. The van der Waals surface area contributed by atoms with Crippen LogP contribution in [0.1, 0.15) is 38.5 Å². The molecule has 56 heavy (non-hydrogen) atoms. The zero-order valence-corrected chi connectivity index (χ0v) is 31.6. The molecule has 5 saturated heterocycles. The zero-order valence-electron chi connectivity index (χ0n) is 30.8. The summed E-state index contributed by atoms with van der Waals surface area (Å²) >= 11 is 6.44. The van der Waals surface area contributed by atoms with Gasteiger partial charge < -0.3 is 19.3 Å². The van der Waals surface area contributed by atoms with E-state index in [1.807, 2.05) is 11.0 Å². The van der Waals surface area contributed by atoms with Crippen molar-refractivity contribution in [2.75, 3.05) is 64.0 Å². The summed E-state index contributed by atoms with van der Waals surface area (Å²) in [7, 11) is 0. The van der Waals surface area contributed by atoms with Crippen molar-refractivity contribution in [2.45, 2.75) is 68.4 Å². The van der Waals surface area contributed by atoms with E-state index in [0.29, 0.717) is 85.4 Å². The molecule has 7 heterocycles. The predicted molar refractivity (Wildman–Crippen MR) is 205 cm³/mol. The summed E-state index contributed by atoms with van der Waals surface area (Å²) < 4.78 is 58.3. The molecule has 5 fully saturated rings. The number of amides is 1. The molecule has 0 radical (unpaired) electrons. The van der Waals surface area contributed by atoms with E-state index >= 15 is 4.39 Å². The van der Waals surface area contributed by atoms with Crippen LogP contribution in [-0.4, -0.2) is 124 Å². The molecule has 292 valence electrons. The van der Waals surface area contributed by atoms with Gasteiger partial charge in [-0.3, -0.25) is 19.6 Å². The number of carbonyl (C=O) groups is 1. The Morgan fingerprint density at radius 1 is 1.11 bits per heavy atom. The molecule has 4 aromatic rings. The Kier molecular flexibility index (Phi) is 9.98. The smallest absolute Gasteiger partial charge is 0.319 e. The van der Waals surface area contributed by atoms with Crippen molar-refractivity contribution in [3.05, 3.63) is 65.3 Å². The second-order valence-corrected chi connectivity index (χ2v) is 16.0. The van der Waals surface area contributed by atoms with Crippen LogP contribution in [-0.2, 0) is 9.53 Å². The van der Waals surface area contributed by atoms with Gasteiger partial charge in [-0.1, -0.05) is 41.9 Å². The summed E-state index contributed by atoms with van der Waals surface area (Å²) in [5.74, 6) is -1.24. The number of carbonyl (C=O) groups excluding carboxylic acids is 1. The number of hydrogen-bond donors (Lipinski definition) is 0. The molecule has 11 nitrogen and oxygen atoms in total. The van der Waals surface area contributed by atoms with E-state index in [2.05, 4.69) is 25.8 Å². The number of pyridine rings is 1. The number of alkyl halides is 1. The van der Waals surface area contributed by atoms with Gasteiger partial charge in [0.15, 0.2) is 5.82 Å². The number of nitriles is 1. The SMILES string of the molecule is N#CC[C@H]1CN(c2nc(OC[C@@]34CCCN3C[C@H](F)C4)nc3c(F)c(-c4cccc5ccc(F)c(Cl)c45)ncc23)CCN1C(=O)/C=C/CN1[C@@H]2CC[C@H]1COC2. The lowest BCUT2D eigenvalue weighted by Crippen LogP contribution is -2.55. The van der Waals surface area contributed by atoms with Crippen molar-refractivity contribution in [1.82, 2.24) is 29.7 Å². The molecule has 0 aliphatic carbocycles. The van der Waals surface area contributed by atoms with Crippen LogP contribution in [0.5, 0.6) is 6.01 Å². The molecule has 2 bridgehead atoms. The first kappa shape index (κ1) is 37.1. The van der Waals surface area contributed by atoms with Gasteiger partial charge in [0.05, 0.1) is 47.7 Å². The number of aromatic nitrogens is 3. The van der Waals surface area contributed by atoms with E-state index in [4.69, 9.17) is 26.1 Å². The molecule has 5 aliphatic heterocycles. The van der Waals surface area contributed by atoms with E-state index < -0.39 is 29.4 Å². The van der Waals surface area contributed by atoms with Crippen molar-refractivity contribution >= 4 is 45.0 Å². The van der Waals surface area contributed by atoms with Crippen molar-refractivity contribution in [3.8, 4) is 23.3 Å². The first-order chi connectivity index (χ1) is 27.2. The first-order valence-electron chi connectivity index (χ1n) is 19.4. The van der Waals surface area contributed by atoms with E-state index in [-0.39, 0.29) is 47.7 Å². The predicted octanol–water partition coefficient (Wildman–Crippen LogP) is 6.08. The molecule has 15 heteroatoms. The largest absolute Gasteiger partial charge is 0.461 e. The average molecular weight is 787 g/mol. The number of halogens is 4. The normalized spacial score (nSPS) is 26.8. The monoisotopic (exact) mass is 786 g/mol. The average Bonchev–Trinajstić information content (AvgIpc) is 3.80. The summed E-state index contributed by atoms with van der Waals surface area (Å²) in [6.45, 7) is 4.22. The Hall–Kier alpha value is -4.55. The van der Waals surface area contributed by atoms with Crippen molar-refractivity contribution in [1.29, 1.82) is 5.26 Å². The molecule has 0 spiro atoms. The summed E-state index contributed by atoms with van der Waals surface area (Å²) in [4.78, 5) is 35.7. The number of morpholine rings is 1. The fourth-order valence-electron chi connectivity index (χ4n) is 9.67. The van der Waals surface area contributed by atoms with Crippen LogP contribution >= 0.6 is 11.6 Å². The van der Waals surface area contributed by atoms with Gasteiger partial charge in [0.1, 0.15) is 35.6 Å². The summed E-state index contributed by atoms with van der Waals surface area (Å²) in [5.41, 5.74) is -0.338. The Bertz CT molecular complexity index is 2240. The zero-order chi connectivity index (χ0) is 38.6. The number of anilines is 1. The van der Waals surface area contributed by atoms with Crippen LogP contribution in [0.4, 0.5) is 19.0 Å². The summed E-state index contributed by atoms with van der Waals surface area (Å²) in [6, 6.07) is 10.4.